The molecule has 2 aromatic rings. The molecule has 12 nitrogen and oxygen atoms in total. The van der Waals surface area contributed by atoms with E-state index in [4.69, 9.17) is 14.5 Å². The van der Waals surface area contributed by atoms with Crippen LogP contribution < -0.4 is 10.6 Å². The van der Waals surface area contributed by atoms with Gasteiger partial charge in [0.2, 0.25) is 5.91 Å². The molecule has 1 aromatic carbocycles. The number of aromatic nitrogens is 1. The molecular formula is C46H71N5O7S3. The van der Waals surface area contributed by atoms with E-state index in [2.05, 4.69) is 56.7 Å². The van der Waals surface area contributed by atoms with Crippen molar-refractivity contribution in [2.24, 2.45) is 23.7 Å². The van der Waals surface area contributed by atoms with E-state index in [1.54, 1.807) is 40.0 Å². The Kier molecular flexibility index (Phi) is 23.7. The summed E-state index contributed by atoms with van der Waals surface area (Å²) in [6.07, 6.45) is 8.33. The maximum atomic E-state index is 14.7. The summed E-state index contributed by atoms with van der Waals surface area (Å²) in [5.41, 5.74) is 1.31. The predicted octanol–water partition coefficient (Wildman–Crippen LogP) is 8.43. The van der Waals surface area contributed by atoms with E-state index in [1.807, 2.05) is 48.5 Å². The first-order valence-corrected chi connectivity index (χ1v) is 25.4. The third-order valence-corrected chi connectivity index (χ3v) is 14.5. The zero-order chi connectivity index (χ0) is 44.9. The maximum Gasteiger partial charge on any atom is 0.407 e. The van der Waals surface area contributed by atoms with Crippen molar-refractivity contribution >= 4 is 62.4 Å². The zero-order valence-corrected chi connectivity index (χ0v) is 40.1. The summed E-state index contributed by atoms with van der Waals surface area (Å²) in [6, 6.07) is 9.02. The van der Waals surface area contributed by atoms with Gasteiger partial charge in [-0.3, -0.25) is 24.1 Å². The molecule has 3 rings (SSSR count). The van der Waals surface area contributed by atoms with Crippen molar-refractivity contribution in [3.8, 4) is 0 Å². The van der Waals surface area contributed by atoms with Gasteiger partial charge in [-0.05, 0) is 69.4 Å². The number of carbonyl (C=O) groups excluding carboxylic acids is 5. The minimum Gasteiger partial charge on any atom is -0.449 e. The number of thiazole rings is 1. The van der Waals surface area contributed by atoms with E-state index in [0.29, 0.717) is 30.7 Å². The number of likely N-dealkylation sites (tertiary alicyclic amines) is 1. The Morgan fingerprint density at radius 3 is 2.48 bits per heavy atom. The van der Waals surface area contributed by atoms with Crippen molar-refractivity contribution in [3.05, 3.63) is 64.6 Å². The number of nitrogens with one attached hydrogen (secondary N) is 2. The number of nitrogens with zero attached hydrogens (tertiary/aromatic N) is 3. The van der Waals surface area contributed by atoms with Crippen LogP contribution in [0.1, 0.15) is 113 Å². The molecule has 0 spiro atoms. The second kappa shape index (κ2) is 27.7. The van der Waals surface area contributed by atoms with Crippen LogP contribution in [-0.4, -0.2) is 114 Å². The van der Waals surface area contributed by atoms with Crippen LogP contribution in [0, 0.1) is 23.7 Å². The van der Waals surface area contributed by atoms with Gasteiger partial charge < -0.3 is 25.0 Å². The highest BCUT2D eigenvalue weighted by Gasteiger charge is 2.38. The molecule has 0 saturated carbocycles. The summed E-state index contributed by atoms with van der Waals surface area (Å²) in [5.74, 6) is -0.726. The van der Waals surface area contributed by atoms with Crippen LogP contribution in [0.2, 0.25) is 0 Å². The van der Waals surface area contributed by atoms with Gasteiger partial charge in [0.15, 0.2) is 11.6 Å². The summed E-state index contributed by atoms with van der Waals surface area (Å²) in [5, 5.41) is 8.23. The van der Waals surface area contributed by atoms with Crippen molar-refractivity contribution in [1.29, 1.82) is 0 Å². The fourth-order valence-corrected chi connectivity index (χ4v) is 9.70. The van der Waals surface area contributed by atoms with Crippen LogP contribution >= 0.6 is 32.9 Å². The van der Waals surface area contributed by atoms with Gasteiger partial charge in [0.25, 0.3) is 5.91 Å². The summed E-state index contributed by atoms with van der Waals surface area (Å²) in [7, 11) is 5.18. The largest absolute Gasteiger partial charge is 0.449 e. The van der Waals surface area contributed by atoms with Gasteiger partial charge in [-0.15, -0.1) is 17.9 Å². The minimum atomic E-state index is -0.630. The molecule has 1 aliphatic rings. The quantitative estimate of drug-likeness (QED) is 0.0367. The second-order valence-corrected chi connectivity index (χ2v) is 20.3. The monoisotopic (exact) mass is 901 g/mol. The number of benzene rings is 1. The summed E-state index contributed by atoms with van der Waals surface area (Å²) >= 11 is 1.41. The van der Waals surface area contributed by atoms with Crippen LogP contribution in [0.3, 0.4) is 0 Å². The fourth-order valence-electron chi connectivity index (χ4n) is 7.81. The molecule has 0 bridgehead atoms. The van der Waals surface area contributed by atoms with Crippen LogP contribution in [0.25, 0.3) is 0 Å². The zero-order valence-electron chi connectivity index (χ0n) is 37.7. The molecule has 61 heavy (non-hydrogen) atoms. The lowest BCUT2D eigenvalue weighted by Crippen LogP contribution is -2.50. The third-order valence-electron chi connectivity index (χ3n) is 11.7. The lowest BCUT2D eigenvalue weighted by Gasteiger charge is -2.39. The number of Topliss-reactive ketones (excluding diaryl/α,β-unsaturated/α-hetero) is 2. The Morgan fingerprint density at radius 1 is 1.08 bits per heavy atom. The van der Waals surface area contributed by atoms with Crippen LogP contribution in [-0.2, 0) is 30.3 Å². The number of ether oxygens (including phenoxy) is 2. The molecule has 340 valence electrons. The second-order valence-electron chi connectivity index (χ2n) is 16.7. The normalized spacial score (nSPS) is 17.4. The molecule has 7 atom stereocenters. The van der Waals surface area contributed by atoms with Gasteiger partial charge in [0.1, 0.15) is 19.0 Å². The van der Waals surface area contributed by atoms with E-state index >= 15 is 0 Å². The van der Waals surface area contributed by atoms with Gasteiger partial charge in [-0.1, -0.05) is 112 Å². The standard InChI is InChI=1S/C46H71N5O7S3/c1-10-21-57-30-51(45(55)37(32(5)11-2)27-41(52)39-19-15-16-20-50(39)8)40(31(3)4)25-34(7)44-49-38(29-60-44)43(54)48-36(26-35-17-13-12-14-18-35)24-33(6)42(53)28-47-46(56)58-22-23-61-59-9/h10,12-14,17-18,29,31-34,36-37,39-40H,1,11,15-16,19-28,30H2,2-9H3,(H,47,56)(H,48,54)/t32?,33-,34+,36+,37-,39+,40+/m0/s1. The number of carbonyl (C=O) groups is 5. The number of ketones is 2. The van der Waals surface area contributed by atoms with E-state index in [-0.39, 0.29) is 92.2 Å². The lowest BCUT2D eigenvalue weighted by molar-refractivity contribution is -0.150. The van der Waals surface area contributed by atoms with Crippen molar-refractivity contribution in [1.82, 2.24) is 25.4 Å². The molecular weight excluding hydrogens is 831 g/mol. The predicted molar refractivity (Wildman–Crippen MR) is 250 cm³/mol. The number of alkyl carbamates (subject to hydrolysis) is 1. The van der Waals surface area contributed by atoms with Crippen molar-refractivity contribution in [2.75, 3.05) is 52.1 Å². The molecule has 15 heteroatoms. The molecule has 2 heterocycles. The fraction of sp³-hybridized carbons (Fsp3) is 0.652. The summed E-state index contributed by atoms with van der Waals surface area (Å²) in [4.78, 5) is 76.3. The molecule has 1 aliphatic heterocycles. The number of hydrogen-bond donors (Lipinski definition) is 2. The van der Waals surface area contributed by atoms with Crippen LogP contribution in [0.5, 0.6) is 0 Å². The van der Waals surface area contributed by atoms with Gasteiger partial charge in [0, 0.05) is 47.4 Å². The molecule has 0 aliphatic carbocycles. The first kappa shape index (κ1) is 52.1. The summed E-state index contributed by atoms with van der Waals surface area (Å²) < 4.78 is 11.1. The summed E-state index contributed by atoms with van der Waals surface area (Å²) in [6.45, 7) is 17.3. The van der Waals surface area contributed by atoms with E-state index in [9.17, 15) is 24.0 Å². The average Bonchev–Trinajstić information content (AvgIpc) is 3.75. The average molecular weight is 902 g/mol. The maximum absolute atomic E-state index is 14.7. The number of hydrogen-bond acceptors (Lipinski definition) is 12. The Morgan fingerprint density at radius 2 is 1.82 bits per heavy atom. The first-order chi connectivity index (χ1) is 29.2. The number of likely N-dealkylation sites (N-methyl/N-ethyl adjacent to an activating group) is 1. The Bertz CT molecular complexity index is 1680. The van der Waals surface area contributed by atoms with Crippen LogP contribution in [0.4, 0.5) is 4.79 Å². The number of piperidine rings is 1. The molecule has 0 radical (unpaired) electrons. The smallest absolute Gasteiger partial charge is 0.407 e. The van der Waals surface area contributed by atoms with Gasteiger partial charge >= 0.3 is 6.09 Å². The highest BCUT2D eigenvalue weighted by atomic mass is 33.1. The highest BCUT2D eigenvalue weighted by Crippen LogP contribution is 2.32. The van der Waals surface area contributed by atoms with Crippen LogP contribution in [0.15, 0.2) is 48.4 Å². The van der Waals surface area contributed by atoms with E-state index in [0.717, 1.165) is 42.8 Å². The Hall–Kier alpha value is -3.24. The number of amides is 3. The number of rotatable bonds is 28. The molecule has 1 fully saturated rings. The van der Waals surface area contributed by atoms with Gasteiger partial charge in [-0.25, -0.2) is 9.78 Å². The van der Waals surface area contributed by atoms with Crippen molar-refractivity contribution < 1.29 is 33.4 Å². The molecule has 1 unspecified atom stereocenters. The topological polar surface area (TPSA) is 147 Å². The third kappa shape index (κ3) is 17.5. The first-order valence-electron chi connectivity index (χ1n) is 21.8. The highest BCUT2D eigenvalue weighted by molar-refractivity contribution is 8.76. The minimum absolute atomic E-state index is 0.00335. The van der Waals surface area contributed by atoms with Gasteiger partial charge in [0.05, 0.1) is 24.2 Å². The Labute approximate surface area is 376 Å². The lowest BCUT2D eigenvalue weighted by atomic mass is 9.82. The van der Waals surface area contributed by atoms with Crippen molar-refractivity contribution in [2.45, 2.75) is 117 Å². The Balaban J connectivity index is 1.76. The molecule has 1 saturated heterocycles. The SMILES string of the molecule is C=CCOCN(C(=O)[C@@H](CC(=O)[C@H]1CCCCN1C)C(C)CC)[C@H](C[C@@H](C)c1nc(C(=O)N[C@@H](Cc2ccccc2)C[C@H](C)C(=O)CNC(=O)OCCSSC)cs1)C(C)C. The van der Waals surface area contributed by atoms with Gasteiger partial charge in [-0.2, -0.15) is 0 Å². The molecule has 2 N–H and O–H groups in total. The van der Waals surface area contributed by atoms with Crippen molar-refractivity contribution in [3.63, 3.8) is 0 Å². The molecule has 3 amide bonds. The molecule has 1 aromatic heterocycles. The van der Waals surface area contributed by atoms with E-state index < -0.39 is 17.9 Å². The van der Waals surface area contributed by atoms with E-state index in [1.165, 1.54) is 11.3 Å².